The lowest BCUT2D eigenvalue weighted by Gasteiger charge is -2.16. The molecule has 10 heteroatoms. The number of rotatable bonds is 10. The summed E-state index contributed by atoms with van der Waals surface area (Å²) in [5.74, 6) is 2.61. The maximum absolute atomic E-state index is 10.1. The van der Waals surface area contributed by atoms with Crippen LogP contribution in [0.1, 0.15) is 6.92 Å². The molecule has 1 heterocycles. The average Bonchev–Trinajstić information content (AvgIpc) is 3.27. The lowest BCUT2D eigenvalue weighted by Crippen LogP contribution is -1.96. The third-order valence-corrected chi connectivity index (χ3v) is 6.07. The first-order valence-electron chi connectivity index (χ1n) is 9.29. The predicted molar refractivity (Wildman–Crippen MR) is 121 cm³/mol. The van der Waals surface area contributed by atoms with Crippen molar-refractivity contribution in [2.24, 2.45) is 0 Å². The van der Waals surface area contributed by atoms with Crippen LogP contribution < -0.4 is 23.5 Å². The van der Waals surface area contributed by atoms with Crippen molar-refractivity contribution in [2.75, 3.05) is 35.0 Å². The van der Waals surface area contributed by atoms with E-state index in [1.807, 2.05) is 24.3 Å². The molecule has 1 N–H and O–H groups in total. The zero-order valence-electron chi connectivity index (χ0n) is 17.9. The first-order chi connectivity index (χ1) is 15.1. The van der Waals surface area contributed by atoms with Gasteiger partial charge < -0.3 is 32.9 Å². The maximum Gasteiger partial charge on any atom is 0.394 e. The molecule has 0 bridgehead atoms. The van der Waals surface area contributed by atoms with E-state index in [9.17, 15) is 4.89 Å². The first-order valence-corrected chi connectivity index (χ1v) is 11.2. The lowest BCUT2D eigenvalue weighted by atomic mass is 10.0. The normalized spacial score (nSPS) is 11.7. The van der Waals surface area contributed by atoms with Crippen molar-refractivity contribution >= 4 is 20.1 Å². The summed E-state index contributed by atoms with van der Waals surface area (Å²) in [7, 11) is 4.19. The van der Waals surface area contributed by atoms with Gasteiger partial charge in [-0.25, -0.2) is 0 Å². The van der Waals surface area contributed by atoms with Crippen LogP contribution >= 0.6 is 20.1 Å². The van der Waals surface area contributed by atoms with Crippen LogP contribution in [-0.2, 0) is 4.52 Å². The molecule has 0 aliphatic rings. The molecule has 1 atom stereocenters. The Bertz CT molecular complexity index is 1000. The Morgan fingerprint density at radius 2 is 1.61 bits per heavy atom. The minimum absolute atomic E-state index is 0.332. The lowest BCUT2D eigenvalue weighted by molar-refractivity contribution is 0.274. The van der Waals surface area contributed by atoms with E-state index < -0.39 is 8.60 Å². The van der Waals surface area contributed by atoms with Gasteiger partial charge in [-0.1, -0.05) is 0 Å². The van der Waals surface area contributed by atoms with Crippen LogP contribution in [0, 0.1) is 0 Å². The van der Waals surface area contributed by atoms with Gasteiger partial charge in [0.2, 0.25) is 5.75 Å². The quantitative estimate of drug-likeness (QED) is 0.412. The highest BCUT2D eigenvalue weighted by atomic mass is 32.1. The molecule has 0 saturated heterocycles. The Kier molecular flexibility index (Phi) is 7.92. The van der Waals surface area contributed by atoms with Crippen molar-refractivity contribution in [2.45, 2.75) is 6.92 Å². The van der Waals surface area contributed by atoms with Crippen molar-refractivity contribution in [3.8, 4) is 50.3 Å². The van der Waals surface area contributed by atoms with E-state index in [-0.39, 0.29) is 0 Å². The molecule has 1 unspecified atom stereocenters. The van der Waals surface area contributed by atoms with Gasteiger partial charge in [0.05, 0.1) is 39.9 Å². The van der Waals surface area contributed by atoms with Crippen molar-refractivity contribution in [3.63, 3.8) is 0 Å². The standard InChI is InChI=1S/C21H24NO7PS/c1-6-28-30(23)29-17-11-14(24-2)7-8-15(17)16-12-22-31-21(16)13-9-18(25-3)20(27-5)19(10-13)26-4/h7-12,23H,6H2,1-5H3. The second-order valence-electron chi connectivity index (χ2n) is 6.09. The van der Waals surface area contributed by atoms with E-state index in [0.717, 1.165) is 21.6 Å². The van der Waals surface area contributed by atoms with Crippen molar-refractivity contribution < 1.29 is 32.9 Å². The monoisotopic (exact) mass is 465 g/mol. The number of ether oxygens (including phenoxy) is 4. The molecule has 0 aliphatic carbocycles. The molecule has 8 nitrogen and oxygen atoms in total. The molecule has 0 amide bonds. The van der Waals surface area contributed by atoms with Gasteiger partial charge in [0.1, 0.15) is 11.5 Å². The van der Waals surface area contributed by atoms with Gasteiger partial charge >= 0.3 is 8.60 Å². The molecular weight excluding hydrogens is 441 g/mol. The maximum atomic E-state index is 10.1. The van der Waals surface area contributed by atoms with Gasteiger partial charge in [-0.05, 0) is 42.7 Å². The fourth-order valence-electron chi connectivity index (χ4n) is 3.00. The van der Waals surface area contributed by atoms with E-state index in [2.05, 4.69) is 4.37 Å². The van der Waals surface area contributed by atoms with Gasteiger partial charge in [-0.15, -0.1) is 0 Å². The van der Waals surface area contributed by atoms with Crippen molar-refractivity contribution in [1.29, 1.82) is 0 Å². The highest BCUT2D eigenvalue weighted by molar-refractivity contribution is 7.41. The third kappa shape index (κ3) is 5.02. The summed E-state index contributed by atoms with van der Waals surface area (Å²) >= 11 is 1.32. The summed E-state index contributed by atoms with van der Waals surface area (Å²) in [6, 6.07) is 9.10. The minimum Gasteiger partial charge on any atom is -0.497 e. The van der Waals surface area contributed by atoms with E-state index in [1.54, 1.807) is 47.6 Å². The molecule has 0 saturated carbocycles. The Balaban J connectivity index is 2.12. The molecule has 3 aromatic rings. The van der Waals surface area contributed by atoms with Crippen molar-refractivity contribution in [3.05, 3.63) is 36.5 Å². The van der Waals surface area contributed by atoms with E-state index in [1.165, 1.54) is 11.5 Å². The predicted octanol–water partition coefficient (Wildman–Crippen LogP) is 5.15. The van der Waals surface area contributed by atoms with Gasteiger partial charge in [0.25, 0.3) is 0 Å². The van der Waals surface area contributed by atoms with Crippen LogP contribution in [0.25, 0.3) is 21.6 Å². The Morgan fingerprint density at radius 1 is 0.903 bits per heavy atom. The molecule has 31 heavy (non-hydrogen) atoms. The largest absolute Gasteiger partial charge is 0.497 e. The molecular formula is C21H24NO7PS. The van der Waals surface area contributed by atoms with Crippen molar-refractivity contribution in [1.82, 2.24) is 4.37 Å². The summed E-state index contributed by atoms with van der Waals surface area (Å²) in [6.45, 7) is 2.12. The van der Waals surface area contributed by atoms with Crippen LogP contribution in [0.5, 0.6) is 28.7 Å². The zero-order valence-corrected chi connectivity index (χ0v) is 19.6. The molecule has 0 spiro atoms. The molecule has 3 rings (SSSR count). The smallest absolute Gasteiger partial charge is 0.394 e. The Hall–Kier alpha value is -2.58. The Morgan fingerprint density at radius 3 is 2.19 bits per heavy atom. The molecule has 2 aromatic carbocycles. The summed E-state index contributed by atoms with van der Waals surface area (Å²) in [5.41, 5.74) is 2.39. The summed E-state index contributed by atoms with van der Waals surface area (Å²) < 4.78 is 37.0. The van der Waals surface area contributed by atoms with Crippen LogP contribution in [-0.4, -0.2) is 44.3 Å². The number of hydrogen-bond acceptors (Lipinski definition) is 9. The highest BCUT2D eigenvalue weighted by Crippen LogP contribution is 2.48. The second kappa shape index (κ2) is 10.6. The number of methoxy groups -OCH3 is 4. The molecule has 0 aliphatic heterocycles. The van der Waals surface area contributed by atoms with E-state index >= 15 is 0 Å². The fourth-order valence-corrected chi connectivity index (χ4v) is 4.34. The zero-order chi connectivity index (χ0) is 22.4. The number of benzene rings is 2. The van der Waals surface area contributed by atoms with E-state index in [4.69, 9.17) is 28.0 Å². The van der Waals surface area contributed by atoms with Crippen LogP contribution in [0.15, 0.2) is 36.5 Å². The molecule has 1 aromatic heterocycles. The summed E-state index contributed by atoms with van der Waals surface area (Å²) in [6.07, 6.45) is 1.75. The second-order valence-corrected chi connectivity index (χ2v) is 7.81. The van der Waals surface area contributed by atoms with Crippen LogP contribution in [0.2, 0.25) is 0 Å². The number of aromatic nitrogens is 1. The van der Waals surface area contributed by atoms with Crippen LogP contribution in [0.4, 0.5) is 0 Å². The van der Waals surface area contributed by atoms with Crippen LogP contribution in [0.3, 0.4) is 0 Å². The Labute approximate surface area is 186 Å². The first kappa shape index (κ1) is 23.1. The summed E-state index contributed by atoms with van der Waals surface area (Å²) in [5, 5.41) is 0. The SMILES string of the molecule is CCOP(O)Oc1cc(OC)ccc1-c1cnsc1-c1cc(OC)c(OC)c(OC)c1. The van der Waals surface area contributed by atoms with Gasteiger partial charge in [0.15, 0.2) is 11.5 Å². The van der Waals surface area contributed by atoms with Gasteiger partial charge in [-0.3, -0.25) is 0 Å². The number of hydrogen-bond donors (Lipinski definition) is 1. The van der Waals surface area contributed by atoms with Gasteiger partial charge in [0, 0.05) is 29.0 Å². The molecule has 0 radical (unpaired) electrons. The minimum atomic E-state index is -2.08. The molecule has 0 fully saturated rings. The summed E-state index contributed by atoms with van der Waals surface area (Å²) in [4.78, 5) is 11.0. The third-order valence-electron chi connectivity index (χ3n) is 4.39. The average molecular weight is 465 g/mol. The number of nitrogens with zero attached hydrogens (tertiary/aromatic N) is 1. The van der Waals surface area contributed by atoms with E-state index in [0.29, 0.717) is 35.4 Å². The van der Waals surface area contributed by atoms with Gasteiger partial charge in [-0.2, -0.15) is 4.37 Å². The topological polar surface area (TPSA) is 88.5 Å². The fraction of sp³-hybridized carbons (Fsp3) is 0.286. The molecule has 166 valence electrons. The highest BCUT2D eigenvalue weighted by Gasteiger charge is 2.21.